The van der Waals surface area contributed by atoms with Crippen molar-refractivity contribution >= 4 is 37.5 Å². The van der Waals surface area contributed by atoms with Crippen LogP contribution in [0, 0.1) is 0 Å². The van der Waals surface area contributed by atoms with Gasteiger partial charge in [0.25, 0.3) is 0 Å². The molecule has 0 heterocycles. The smallest absolute Gasteiger partial charge is 0.0633 e. The summed E-state index contributed by atoms with van der Waals surface area (Å²) in [5, 5.41) is 3.72. The van der Waals surface area contributed by atoms with Crippen LogP contribution in [0.3, 0.4) is 0 Å². The van der Waals surface area contributed by atoms with E-state index in [2.05, 4.69) is 87.4 Å². The molecule has 110 valence electrons. The van der Waals surface area contributed by atoms with Gasteiger partial charge in [-0.05, 0) is 73.4 Å². The second kappa shape index (κ2) is 5.77. The maximum Gasteiger partial charge on any atom is 0.0633 e. The molecule has 0 radical (unpaired) electrons. The standard InChI is InChI=1S/C18H19Br2N/c1-18(2)11-10-16(12-6-3-4-7-13(12)18)21-17-14(19)8-5-9-15(17)20/h3-9,16,21H,10-11H2,1-2H3. The van der Waals surface area contributed by atoms with Gasteiger partial charge in [-0.15, -0.1) is 0 Å². The number of benzene rings is 2. The van der Waals surface area contributed by atoms with E-state index in [1.807, 2.05) is 6.07 Å². The van der Waals surface area contributed by atoms with E-state index in [1.165, 1.54) is 17.5 Å². The number of nitrogens with one attached hydrogen (secondary N) is 1. The molecule has 3 rings (SSSR count). The molecule has 0 saturated carbocycles. The Labute approximate surface area is 143 Å². The highest BCUT2D eigenvalue weighted by Gasteiger charge is 2.32. The molecule has 21 heavy (non-hydrogen) atoms. The van der Waals surface area contributed by atoms with Crippen molar-refractivity contribution in [2.45, 2.75) is 38.1 Å². The molecule has 0 saturated heterocycles. The van der Waals surface area contributed by atoms with Crippen LogP contribution in [0.15, 0.2) is 51.4 Å². The van der Waals surface area contributed by atoms with Crippen LogP contribution in [0.5, 0.6) is 0 Å². The molecule has 1 nitrogen and oxygen atoms in total. The zero-order valence-corrected chi connectivity index (χ0v) is 15.5. The zero-order valence-electron chi connectivity index (χ0n) is 12.3. The lowest BCUT2D eigenvalue weighted by molar-refractivity contribution is 0.406. The van der Waals surface area contributed by atoms with E-state index in [4.69, 9.17) is 0 Å². The van der Waals surface area contributed by atoms with Crippen molar-refractivity contribution in [1.82, 2.24) is 0 Å². The highest BCUT2D eigenvalue weighted by molar-refractivity contribution is 9.11. The van der Waals surface area contributed by atoms with Crippen LogP contribution in [0.1, 0.15) is 43.9 Å². The Bertz CT molecular complexity index is 644. The SMILES string of the molecule is CC1(C)CCC(Nc2c(Br)cccc2Br)c2ccccc21. The molecule has 1 aliphatic rings. The van der Waals surface area contributed by atoms with Gasteiger partial charge in [0.1, 0.15) is 0 Å². The third-order valence-corrected chi connectivity index (χ3v) is 5.73. The Morgan fingerprint density at radius 3 is 2.38 bits per heavy atom. The van der Waals surface area contributed by atoms with E-state index in [0.717, 1.165) is 21.1 Å². The minimum absolute atomic E-state index is 0.264. The zero-order chi connectivity index (χ0) is 15.0. The normalized spacial score (nSPS) is 19.9. The second-order valence-corrected chi connectivity index (χ2v) is 8.01. The summed E-state index contributed by atoms with van der Waals surface area (Å²) in [7, 11) is 0. The number of hydrogen-bond acceptors (Lipinski definition) is 1. The molecule has 2 aromatic rings. The molecule has 1 atom stereocenters. The molecular weight excluding hydrogens is 390 g/mol. The van der Waals surface area contributed by atoms with Crippen molar-refractivity contribution in [1.29, 1.82) is 0 Å². The monoisotopic (exact) mass is 407 g/mol. The predicted octanol–water partition coefficient (Wildman–Crippen LogP) is 6.44. The van der Waals surface area contributed by atoms with Gasteiger partial charge in [0.15, 0.2) is 0 Å². The number of fused-ring (bicyclic) bond motifs is 1. The molecule has 1 aliphatic carbocycles. The number of halogens is 2. The molecule has 0 spiro atoms. The Kier molecular flexibility index (Phi) is 4.15. The predicted molar refractivity (Wildman–Crippen MR) is 96.9 cm³/mol. The number of rotatable bonds is 2. The van der Waals surface area contributed by atoms with Gasteiger partial charge in [-0.1, -0.05) is 44.2 Å². The highest BCUT2D eigenvalue weighted by Crippen LogP contribution is 2.44. The van der Waals surface area contributed by atoms with E-state index in [-0.39, 0.29) is 5.41 Å². The third-order valence-electron chi connectivity index (χ3n) is 4.40. The van der Waals surface area contributed by atoms with E-state index in [9.17, 15) is 0 Å². The van der Waals surface area contributed by atoms with Gasteiger partial charge in [-0.2, -0.15) is 0 Å². The molecular formula is C18H19Br2N. The minimum atomic E-state index is 0.264. The lowest BCUT2D eigenvalue weighted by Gasteiger charge is -2.38. The van der Waals surface area contributed by atoms with E-state index in [1.54, 1.807) is 0 Å². The molecule has 3 heteroatoms. The first-order valence-corrected chi connectivity index (χ1v) is 8.87. The molecule has 1 N–H and O–H groups in total. The quantitative estimate of drug-likeness (QED) is 0.602. The lowest BCUT2D eigenvalue weighted by Crippen LogP contribution is -2.29. The minimum Gasteiger partial charge on any atom is -0.376 e. The molecule has 0 aromatic heterocycles. The van der Waals surface area contributed by atoms with Crippen molar-refractivity contribution in [3.8, 4) is 0 Å². The first-order chi connectivity index (χ1) is 9.99. The molecule has 0 amide bonds. The van der Waals surface area contributed by atoms with Crippen molar-refractivity contribution in [2.24, 2.45) is 0 Å². The van der Waals surface area contributed by atoms with Gasteiger partial charge in [0.2, 0.25) is 0 Å². The largest absolute Gasteiger partial charge is 0.376 e. The fourth-order valence-electron chi connectivity index (χ4n) is 3.17. The summed E-state index contributed by atoms with van der Waals surface area (Å²) in [6, 6.07) is 15.4. The van der Waals surface area contributed by atoms with Gasteiger partial charge in [-0.3, -0.25) is 0 Å². The summed E-state index contributed by atoms with van der Waals surface area (Å²) in [6.07, 6.45) is 2.35. The average molecular weight is 409 g/mol. The Morgan fingerprint density at radius 1 is 1.00 bits per heavy atom. The van der Waals surface area contributed by atoms with Gasteiger partial charge in [0.05, 0.1) is 11.7 Å². The fourth-order valence-corrected chi connectivity index (χ4v) is 4.40. The Balaban J connectivity index is 1.98. The summed E-state index contributed by atoms with van der Waals surface area (Å²) in [5.41, 5.74) is 4.30. The van der Waals surface area contributed by atoms with Crippen LogP contribution < -0.4 is 5.32 Å². The van der Waals surface area contributed by atoms with E-state index in [0.29, 0.717) is 6.04 Å². The molecule has 0 fully saturated rings. The van der Waals surface area contributed by atoms with Gasteiger partial charge in [0, 0.05) is 8.95 Å². The summed E-state index contributed by atoms with van der Waals surface area (Å²) in [6.45, 7) is 4.69. The maximum absolute atomic E-state index is 3.72. The summed E-state index contributed by atoms with van der Waals surface area (Å²) >= 11 is 7.29. The lowest BCUT2D eigenvalue weighted by atomic mass is 9.71. The van der Waals surface area contributed by atoms with Crippen molar-refractivity contribution in [3.05, 3.63) is 62.5 Å². The first kappa shape index (κ1) is 15.1. The Morgan fingerprint density at radius 2 is 1.67 bits per heavy atom. The summed E-state index contributed by atoms with van der Waals surface area (Å²) < 4.78 is 2.19. The van der Waals surface area contributed by atoms with Crippen molar-refractivity contribution < 1.29 is 0 Å². The number of para-hydroxylation sites is 1. The molecule has 2 aromatic carbocycles. The summed E-state index contributed by atoms with van der Waals surface area (Å²) in [5.74, 6) is 0. The average Bonchev–Trinajstić information content (AvgIpc) is 2.45. The fraction of sp³-hybridized carbons (Fsp3) is 0.333. The topological polar surface area (TPSA) is 12.0 Å². The van der Waals surface area contributed by atoms with Crippen LogP contribution in [-0.4, -0.2) is 0 Å². The van der Waals surface area contributed by atoms with Gasteiger partial charge < -0.3 is 5.32 Å². The van der Waals surface area contributed by atoms with E-state index >= 15 is 0 Å². The molecule has 0 bridgehead atoms. The molecule has 0 aliphatic heterocycles. The van der Waals surface area contributed by atoms with Gasteiger partial charge in [-0.25, -0.2) is 0 Å². The highest BCUT2D eigenvalue weighted by atomic mass is 79.9. The third kappa shape index (κ3) is 2.91. The second-order valence-electron chi connectivity index (χ2n) is 6.30. The summed E-state index contributed by atoms with van der Waals surface area (Å²) in [4.78, 5) is 0. The number of anilines is 1. The van der Waals surface area contributed by atoms with Crippen LogP contribution in [-0.2, 0) is 5.41 Å². The van der Waals surface area contributed by atoms with Crippen molar-refractivity contribution in [3.63, 3.8) is 0 Å². The maximum atomic E-state index is 3.72. The van der Waals surface area contributed by atoms with Gasteiger partial charge >= 0.3 is 0 Å². The van der Waals surface area contributed by atoms with Crippen LogP contribution >= 0.6 is 31.9 Å². The van der Waals surface area contributed by atoms with Crippen LogP contribution in [0.4, 0.5) is 5.69 Å². The molecule has 1 unspecified atom stereocenters. The van der Waals surface area contributed by atoms with E-state index < -0.39 is 0 Å². The van der Waals surface area contributed by atoms with Crippen molar-refractivity contribution in [2.75, 3.05) is 5.32 Å². The number of hydrogen-bond donors (Lipinski definition) is 1. The van der Waals surface area contributed by atoms with Crippen LogP contribution in [0.2, 0.25) is 0 Å². The van der Waals surface area contributed by atoms with Crippen LogP contribution in [0.25, 0.3) is 0 Å². The first-order valence-electron chi connectivity index (χ1n) is 7.29. The Hall–Kier alpha value is -0.800.